The molecule has 0 aliphatic carbocycles. The van der Waals surface area contributed by atoms with Gasteiger partial charge in [-0.05, 0) is 84.3 Å². The number of hydrogen-bond donors (Lipinski definition) is 4. The summed E-state index contributed by atoms with van der Waals surface area (Å²) in [5.41, 5.74) is 3.70. The summed E-state index contributed by atoms with van der Waals surface area (Å²) in [7, 11) is -3.98. The fraction of sp³-hybridized carbons (Fsp3) is 0.161. The van der Waals surface area contributed by atoms with Crippen molar-refractivity contribution in [1.82, 2.24) is 4.72 Å². The van der Waals surface area contributed by atoms with E-state index in [0.29, 0.717) is 29.8 Å². The lowest BCUT2D eigenvalue weighted by Gasteiger charge is -2.18. The lowest BCUT2D eigenvalue weighted by molar-refractivity contribution is -0.137. The zero-order valence-corrected chi connectivity index (χ0v) is 24.0. The third kappa shape index (κ3) is 8.94. The summed E-state index contributed by atoms with van der Waals surface area (Å²) in [6.45, 7) is 0. The Morgan fingerprint density at radius 3 is 2.07 bits per heavy atom. The Labute approximate surface area is 244 Å². The molecule has 0 saturated carbocycles. The van der Waals surface area contributed by atoms with Crippen molar-refractivity contribution >= 4 is 45.2 Å². The molecule has 4 rings (SSSR count). The predicted molar refractivity (Wildman–Crippen MR) is 163 cm³/mol. The average Bonchev–Trinajstić information content (AvgIpc) is 2.96. The number of rotatable bonds is 12. The highest BCUT2D eigenvalue weighted by molar-refractivity contribution is 7.98. The minimum absolute atomic E-state index is 0.0685. The largest absolute Gasteiger partial charge is 0.481 e. The lowest BCUT2D eigenvalue weighted by Crippen LogP contribution is -2.30. The van der Waals surface area contributed by atoms with Gasteiger partial charge in [-0.3, -0.25) is 4.79 Å². The SMILES string of the molecule is CSc1ccc(NC(=O)Nc2cccc(CCc3cccc(S(=O)(=O)N[C@H](CC(=O)O)c4ccccc4)c3)c2)cc1. The summed E-state index contributed by atoms with van der Waals surface area (Å²) in [4.78, 5) is 25.0. The van der Waals surface area contributed by atoms with Crippen molar-refractivity contribution in [2.45, 2.75) is 35.1 Å². The summed E-state index contributed by atoms with van der Waals surface area (Å²) >= 11 is 1.63. The van der Waals surface area contributed by atoms with Crippen LogP contribution in [0, 0.1) is 0 Å². The Morgan fingerprint density at radius 2 is 1.41 bits per heavy atom. The van der Waals surface area contributed by atoms with Crippen LogP contribution in [0.5, 0.6) is 0 Å². The Balaban J connectivity index is 1.38. The molecule has 0 aliphatic heterocycles. The van der Waals surface area contributed by atoms with Crippen LogP contribution in [0.1, 0.15) is 29.2 Å². The maximum absolute atomic E-state index is 13.2. The third-order valence-corrected chi connectivity index (χ3v) is 8.53. The van der Waals surface area contributed by atoms with Crippen molar-refractivity contribution in [3.8, 4) is 0 Å². The number of carboxylic acid groups (broad SMARTS) is 1. The summed E-state index contributed by atoms with van der Waals surface area (Å²) in [6.07, 6.45) is 2.80. The third-order valence-electron chi connectivity index (χ3n) is 6.32. The van der Waals surface area contributed by atoms with Gasteiger partial charge in [0.05, 0.1) is 17.4 Å². The number of urea groups is 1. The van der Waals surface area contributed by atoms with Gasteiger partial charge in [-0.1, -0.05) is 54.6 Å². The van der Waals surface area contributed by atoms with Crippen LogP contribution in [0.15, 0.2) is 113 Å². The van der Waals surface area contributed by atoms with E-state index in [1.165, 1.54) is 6.07 Å². The molecular weight excluding hydrogens is 558 g/mol. The van der Waals surface area contributed by atoms with Crippen LogP contribution in [-0.2, 0) is 27.7 Å². The maximum Gasteiger partial charge on any atom is 0.323 e. The molecule has 0 heterocycles. The fourth-order valence-electron chi connectivity index (χ4n) is 4.27. The van der Waals surface area contributed by atoms with E-state index >= 15 is 0 Å². The number of benzene rings is 4. The molecule has 10 heteroatoms. The Morgan fingerprint density at radius 1 is 0.780 bits per heavy atom. The monoisotopic (exact) mass is 589 g/mol. The molecule has 0 unspecified atom stereocenters. The number of thioether (sulfide) groups is 1. The van der Waals surface area contributed by atoms with E-state index in [2.05, 4.69) is 15.4 Å². The molecule has 41 heavy (non-hydrogen) atoms. The first-order chi connectivity index (χ1) is 19.7. The molecule has 0 spiro atoms. The van der Waals surface area contributed by atoms with Gasteiger partial charge in [0.2, 0.25) is 10.0 Å². The molecule has 0 radical (unpaired) electrons. The summed E-state index contributed by atoms with van der Waals surface area (Å²) in [6, 6.07) is 29.1. The number of amides is 2. The van der Waals surface area contributed by atoms with Crippen LogP contribution in [0.3, 0.4) is 0 Å². The minimum atomic E-state index is -3.98. The predicted octanol–water partition coefficient (Wildman–Crippen LogP) is 6.33. The number of sulfonamides is 1. The van der Waals surface area contributed by atoms with E-state index in [0.717, 1.165) is 16.0 Å². The van der Waals surface area contributed by atoms with E-state index in [4.69, 9.17) is 0 Å². The van der Waals surface area contributed by atoms with E-state index in [1.807, 2.05) is 54.8 Å². The van der Waals surface area contributed by atoms with Gasteiger partial charge in [0.1, 0.15) is 0 Å². The second-order valence-electron chi connectivity index (χ2n) is 9.34. The average molecular weight is 590 g/mol. The topological polar surface area (TPSA) is 125 Å². The Bertz CT molecular complexity index is 1590. The van der Waals surface area contributed by atoms with Crippen molar-refractivity contribution in [1.29, 1.82) is 0 Å². The Hall–Kier alpha value is -4.12. The maximum atomic E-state index is 13.2. The number of anilines is 2. The Kier molecular flexibility index (Phi) is 10.2. The lowest BCUT2D eigenvalue weighted by atomic mass is 10.0. The molecule has 8 nitrogen and oxygen atoms in total. The van der Waals surface area contributed by atoms with Crippen molar-refractivity contribution in [2.24, 2.45) is 0 Å². The van der Waals surface area contributed by atoms with Gasteiger partial charge < -0.3 is 15.7 Å². The smallest absolute Gasteiger partial charge is 0.323 e. The molecule has 0 saturated heterocycles. The molecule has 4 aromatic carbocycles. The normalized spacial score (nSPS) is 11.9. The number of carbonyl (C=O) groups is 2. The highest BCUT2D eigenvalue weighted by atomic mass is 32.2. The summed E-state index contributed by atoms with van der Waals surface area (Å²) in [5.74, 6) is -1.10. The zero-order valence-electron chi connectivity index (χ0n) is 22.4. The number of nitrogens with one attached hydrogen (secondary N) is 3. The van der Waals surface area contributed by atoms with Crippen molar-refractivity contribution in [2.75, 3.05) is 16.9 Å². The molecule has 0 fully saturated rings. The van der Waals surface area contributed by atoms with E-state index in [-0.39, 0.29) is 17.3 Å². The van der Waals surface area contributed by atoms with E-state index < -0.39 is 22.0 Å². The molecule has 212 valence electrons. The standard InChI is InChI=1S/C31H31N3O5S2/c1-40-27-17-15-25(16-18-27)32-31(37)33-26-11-5-7-22(19-26)13-14-23-8-6-12-28(20-23)41(38,39)34-29(21-30(35)36)24-9-3-2-4-10-24/h2-12,15-20,29,34H,13-14,21H2,1H3,(H,35,36)(H2,32,33,37)/t29-/m1/s1. The van der Waals surface area contributed by atoms with Crippen molar-refractivity contribution in [3.63, 3.8) is 0 Å². The minimum Gasteiger partial charge on any atom is -0.481 e. The molecule has 1 atom stereocenters. The first-order valence-corrected chi connectivity index (χ1v) is 15.6. The van der Waals surface area contributed by atoms with Gasteiger partial charge in [0.25, 0.3) is 0 Å². The summed E-state index contributed by atoms with van der Waals surface area (Å²) < 4.78 is 28.9. The first-order valence-electron chi connectivity index (χ1n) is 12.9. The molecule has 0 aliphatic rings. The first kappa shape index (κ1) is 29.9. The van der Waals surface area contributed by atoms with Gasteiger partial charge in [-0.15, -0.1) is 11.8 Å². The second-order valence-corrected chi connectivity index (χ2v) is 11.9. The molecular formula is C31H31N3O5S2. The van der Waals surface area contributed by atoms with Gasteiger partial charge in [-0.2, -0.15) is 0 Å². The van der Waals surface area contributed by atoms with Crippen LogP contribution in [-0.4, -0.2) is 31.8 Å². The number of hydrogen-bond acceptors (Lipinski definition) is 5. The van der Waals surface area contributed by atoms with Crippen molar-refractivity contribution < 1.29 is 23.1 Å². The highest BCUT2D eigenvalue weighted by Crippen LogP contribution is 2.22. The number of aliphatic carboxylic acids is 1. The number of aryl methyl sites for hydroxylation is 2. The molecule has 2 amide bonds. The summed E-state index contributed by atoms with van der Waals surface area (Å²) in [5, 5.41) is 15.0. The van der Waals surface area contributed by atoms with E-state index in [1.54, 1.807) is 60.3 Å². The molecule has 0 bridgehead atoms. The van der Waals surface area contributed by atoms with Gasteiger partial charge >= 0.3 is 12.0 Å². The fourth-order valence-corrected chi connectivity index (χ4v) is 5.97. The van der Waals surface area contributed by atoms with Crippen LogP contribution in [0.2, 0.25) is 0 Å². The van der Waals surface area contributed by atoms with Crippen molar-refractivity contribution in [3.05, 3.63) is 120 Å². The van der Waals surface area contributed by atoms with Gasteiger partial charge in [0, 0.05) is 16.3 Å². The number of carbonyl (C=O) groups excluding carboxylic acids is 1. The zero-order chi connectivity index (χ0) is 29.2. The van der Waals surface area contributed by atoms with Crippen LogP contribution >= 0.6 is 11.8 Å². The van der Waals surface area contributed by atoms with E-state index in [9.17, 15) is 23.1 Å². The van der Waals surface area contributed by atoms with Crippen LogP contribution < -0.4 is 15.4 Å². The molecule has 4 aromatic rings. The number of carboxylic acids is 1. The molecule has 0 aromatic heterocycles. The van der Waals surface area contributed by atoms with Crippen LogP contribution in [0.4, 0.5) is 16.2 Å². The molecule has 4 N–H and O–H groups in total. The van der Waals surface area contributed by atoms with Gasteiger partial charge in [0.15, 0.2) is 0 Å². The second kappa shape index (κ2) is 14.0. The van der Waals surface area contributed by atoms with Crippen LogP contribution in [0.25, 0.3) is 0 Å². The highest BCUT2D eigenvalue weighted by Gasteiger charge is 2.23. The van der Waals surface area contributed by atoms with Gasteiger partial charge in [-0.25, -0.2) is 17.9 Å². The quantitative estimate of drug-likeness (QED) is 0.143.